The van der Waals surface area contributed by atoms with Crippen LogP contribution in [0.15, 0.2) is 47.5 Å². The lowest BCUT2D eigenvalue weighted by atomic mass is 10.2. The standard InChI is InChI=1S/C19H17F4N5O3S/c20-13-4-6-14(7-5-13)32(30,31)28-9-1-2-15(28)18(29)24-10-17-26-25-16-8-3-12(11-27(16)17)19(21,22)23/h3-8,11,15H,1-2,9-10H2,(H,24,29). The van der Waals surface area contributed by atoms with Gasteiger partial charge in [-0.2, -0.15) is 17.5 Å². The molecule has 1 amide bonds. The second kappa shape index (κ2) is 8.13. The second-order valence-corrected chi connectivity index (χ2v) is 9.10. The fourth-order valence-electron chi connectivity index (χ4n) is 3.54. The summed E-state index contributed by atoms with van der Waals surface area (Å²) in [6.07, 6.45) is -3.01. The van der Waals surface area contributed by atoms with Crippen LogP contribution in [-0.4, -0.2) is 45.8 Å². The predicted molar refractivity (Wildman–Crippen MR) is 103 cm³/mol. The van der Waals surface area contributed by atoms with Crippen molar-refractivity contribution in [1.29, 1.82) is 0 Å². The predicted octanol–water partition coefficient (Wildman–Crippen LogP) is 2.36. The van der Waals surface area contributed by atoms with Gasteiger partial charge in [-0.3, -0.25) is 9.20 Å². The minimum atomic E-state index is -4.56. The summed E-state index contributed by atoms with van der Waals surface area (Å²) >= 11 is 0. The molecule has 0 aliphatic carbocycles. The molecule has 0 radical (unpaired) electrons. The van der Waals surface area contributed by atoms with Crippen LogP contribution in [0, 0.1) is 5.82 Å². The molecule has 8 nitrogen and oxygen atoms in total. The molecular formula is C19H17F4N5O3S. The van der Waals surface area contributed by atoms with E-state index >= 15 is 0 Å². The summed E-state index contributed by atoms with van der Waals surface area (Å²) in [5.41, 5.74) is -0.728. The van der Waals surface area contributed by atoms with Crippen LogP contribution in [0.25, 0.3) is 5.65 Å². The molecule has 0 saturated carbocycles. The second-order valence-electron chi connectivity index (χ2n) is 7.21. The fourth-order valence-corrected chi connectivity index (χ4v) is 5.20. The lowest BCUT2D eigenvalue weighted by Crippen LogP contribution is -2.45. The first-order chi connectivity index (χ1) is 15.1. The van der Waals surface area contributed by atoms with Gasteiger partial charge in [0, 0.05) is 12.7 Å². The van der Waals surface area contributed by atoms with E-state index in [4.69, 9.17) is 0 Å². The molecule has 170 valence electrons. The van der Waals surface area contributed by atoms with E-state index in [2.05, 4.69) is 15.5 Å². The number of benzene rings is 1. The van der Waals surface area contributed by atoms with Crippen molar-refractivity contribution in [2.24, 2.45) is 0 Å². The average Bonchev–Trinajstić information content (AvgIpc) is 3.39. The number of alkyl halides is 3. The summed E-state index contributed by atoms with van der Waals surface area (Å²) in [6.45, 7) is -0.136. The van der Waals surface area contributed by atoms with Gasteiger partial charge >= 0.3 is 6.18 Å². The van der Waals surface area contributed by atoms with E-state index in [9.17, 15) is 30.8 Å². The number of hydrogen-bond donors (Lipinski definition) is 1. The topological polar surface area (TPSA) is 96.7 Å². The first-order valence-corrected chi connectivity index (χ1v) is 11.0. The van der Waals surface area contributed by atoms with Crippen molar-refractivity contribution in [3.8, 4) is 0 Å². The van der Waals surface area contributed by atoms with E-state index < -0.39 is 39.5 Å². The molecule has 32 heavy (non-hydrogen) atoms. The lowest BCUT2D eigenvalue weighted by molar-refractivity contribution is -0.137. The Morgan fingerprint density at radius 2 is 1.84 bits per heavy atom. The summed E-state index contributed by atoms with van der Waals surface area (Å²) in [6, 6.07) is 5.32. The van der Waals surface area contributed by atoms with Gasteiger partial charge in [-0.15, -0.1) is 10.2 Å². The van der Waals surface area contributed by atoms with Crippen molar-refractivity contribution in [3.63, 3.8) is 0 Å². The molecule has 1 fully saturated rings. The van der Waals surface area contributed by atoms with E-state index in [0.29, 0.717) is 6.42 Å². The molecule has 3 heterocycles. The smallest absolute Gasteiger partial charge is 0.347 e. The Kier molecular flexibility index (Phi) is 5.63. The third-order valence-corrected chi connectivity index (χ3v) is 7.07. The molecule has 1 N–H and O–H groups in total. The van der Waals surface area contributed by atoms with E-state index in [-0.39, 0.29) is 35.9 Å². The maximum absolute atomic E-state index is 13.1. The van der Waals surface area contributed by atoms with E-state index in [0.717, 1.165) is 51.3 Å². The largest absolute Gasteiger partial charge is 0.417 e. The first kappa shape index (κ1) is 22.1. The van der Waals surface area contributed by atoms with Crippen LogP contribution in [0.2, 0.25) is 0 Å². The Morgan fingerprint density at radius 3 is 2.53 bits per heavy atom. The van der Waals surface area contributed by atoms with E-state index in [1.807, 2.05) is 0 Å². The zero-order chi connectivity index (χ0) is 23.1. The van der Waals surface area contributed by atoms with Crippen LogP contribution in [-0.2, 0) is 27.5 Å². The summed E-state index contributed by atoms with van der Waals surface area (Å²) < 4.78 is 80.0. The number of nitrogens with zero attached hydrogens (tertiary/aromatic N) is 4. The number of hydrogen-bond acceptors (Lipinski definition) is 5. The van der Waals surface area contributed by atoms with Crippen LogP contribution in [0.4, 0.5) is 17.6 Å². The minimum Gasteiger partial charge on any atom is -0.347 e. The number of nitrogens with one attached hydrogen (secondary N) is 1. The SMILES string of the molecule is O=C(NCc1nnc2ccc(C(F)(F)F)cn12)C1CCCN1S(=O)(=O)c1ccc(F)cc1. The first-order valence-electron chi connectivity index (χ1n) is 9.53. The Bertz CT molecular complexity index is 1260. The van der Waals surface area contributed by atoms with Crippen molar-refractivity contribution < 1.29 is 30.8 Å². The van der Waals surface area contributed by atoms with Gasteiger partial charge in [0.1, 0.15) is 11.9 Å². The molecular weight excluding hydrogens is 454 g/mol. The minimum absolute atomic E-state index is 0.0605. The molecule has 2 aromatic heterocycles. The highest BCUT2D eigenvalue weighted by molar-refractivity contribution is 7.89. The van der Waals surface area contributed by atoms with Gasteiger partial charge in [-0.05, 0) is 49.2 Å². The highest BCUT2D eigenvalue weighted by Gasteiger charge is 2.39. The molecule has 0 bridgehead atoms. The monoisotopic (exact) mass is 471 g/mol. The van der Waals surface area contributed by atoms with Crippen LogP contribution in [0.1, 0.15) is 24.2 Å². The third-order valence-electron chi connectivity index (χ3n) is 5.15. The number of carbonyl (C=O) groups is 1. The average molecular weight is 471 g/mol. The van der Waals surface area contributed by atoms with E-state index in [1.54, 1.807) is 0 Å². The Labute approximate surface area is 179 Å². The molecule has 4 rings (SSSR count). The summed E-state index contributed by atoms with van der Waals surface area (Å²) in [5.74, 6) is -1.14. The Hall–Kier alpha value is -3.06. The normalized spacial score (nSPS) is 17.7. The van der Waals surface area contributed by atoms with E-state index in [1.165, 1.54) is 0 Å². The van der Waals surface area contributed by atoms with Crippen LogP contribution in [0.3, 0.4) is 0 Å². The van der Waals surface area contributed by atoms with Gasteiger partial charge in [0.15, 0.2) is 11.5 Å². The highest BCUT2D eigenvalue weighted by atomic mass is 32.2. The van der Waals surface area contributed by atoms with Crippen LogP contribution >= 0.6 is 0 Å². The number of carbonyl (C=O) groups excluding carboxylic acids is 1. The summed E-state index contributed by atoms with van der Waals surface area (Å²) in [5, 5.41) is 10.1. The quantitative estimate of drug-likeness (QED) is 0.577. The number of halogens is 4. The molecule has 1 unspecified atom stereocenters. The van der Waals surface area contributed by atoms with Crippen molar-refractivity contribution in [3.05, 3.63) is 59.8 Å². The van der Waals surface area contributed by atoms with Gasteiger partial charge in [-0.1, -0.05) is 0 Å². The van der Waals surface area contributed by atoms with Crippen LogP contribution in [0.5, 0.6) is 0 Å². The number of sulfonamides is 1. The summed E-state index contributed by atoms with van der Waals surface area (Å²) in [4.78, 5) is 12.6. The maximum Gasteiger partial charge on any atom is 0.417 e. The van der Waals surface area contributed by atoms with Crippen LogP contribution < -0.4 is 5.32 Å². The molecule has 1 aromatic carbocycles. The number of rotatable bonds is 5. The number of pyridine rings is 1. The molecule has 1 atom stereocenters. The highest BCUT2D eigenvalue weighted by Crippen LogP contribution is 2.29. The number of amides is 1. The van der Waals surface area contributed by atoms with Gasteiger partial charge in [0.05, 0.1) is 17.0 Å². The molecule has 1 aliphatic rings. The molecule has 1 aliphatic heterocycles. The van der Waals surface area contributed by atoms with Gasteiger partial charge in [0.2, 0.25) is 15.9 Å². The maximum atomic E-state index is 13.1. The molecule has 1 saturated heterocycles. The Morgan fingerprint density at radius 1 is 1.12 bits per heavy atom. The summed E-state index contributed by atoms with van der Waals surface area (Å²) in [7, 11) is -4.03. The van der Waals surface area contributed by atoms with Crippen molar-refractivity contribution in [1.82, 2.24) is 24.2 Å². The fraction of sp³-hybridized carbons (Fsp3) is 0.316. The van der Waals surface area contributed by atoms with Crippen molar-refractivity contribution in [2.45, 2.75) is 36.5 Å². The zero-order valence-electron chi connectivity index (χ0n) is 16.4. The third kappa shape index (κ3) is 4.17. The van der Waals surface area contributed by atoms with Crippen molar-refractivity contribution in [2.75, 3.05) is 6.54 Å². The number of aromatic nitrogens is 3. The zero-order valence-corrected chi connectivity index (χ0v) is 17.2. The molecule has 0 spiro atoms. The molecule has 3 aromatic rings. The van der Waals surface area contributed by atoms with Gasteiger partial charge in [-0.25, -0.2) is 12.8 Å². The van der Waals surface area contributed by atoms with Crippen molar-refractivity contribution >= 4 is 21.6 Å². The van der Waals surface area contributed by atoms with Gasteiger partial charge in [0.25, 0.3) is 0 Å². The van der Waals surface area contributed by atoms with Gasteiger partial charge < -0.3 is 5.32 Å². The number of fused-ring (bicyclic) bond motifs is 1. The molecule has 13 heteroatoms. The lowest BCUT2D eigenvalue weighted by Gasteiger charge is -2.23. The Balaban J connectivity index is 1.51.